The molecule has 0 saturated heterocycles. The van der Waals surface area contributed by atoms with Gasteiger partial charge in [-0.2, -0.15) is 0 Å². The number of aromatic nitrogens is 1. The normalized spacial score (nSPS) is 19.4. The number of methoxy groups -OCH3 is 1. The highest BCUT2D eigenvalue weighted by Gasteiger charge is 2.59. The van der Waals surface area contributed by atoms with Crippen LogP contribution >= 0.6 is 0 Å². The summed E-state index contributed by atoms with van der Waals surface area (Å²) in [5.74, 6) is 0.577. The Kier molecular flexibility index (Phi) is 7.64. The highest BCUT2D eigenvalue weighted by atomic mass is 16.6. The maximum atomic E-state index is 12.6. The predicted molar refractivity (Wildman–Crippen MR) is 133 cm³/mol. The van der Waals surface area contributed by atoms with E-state index in [1.54, 1.807) is 7.11 Å². The van der Waals surface area contributed by atoms with Gasteiger partial charge in [0, 0.05) is 29.2 Å². The van der Waals surface area contributed by atoms with E-state index in [1.165, 1.54) is 0 Å². The molecule has 6 heteroatoms. The van der Waals surface area contributed by atoms with E-state index >= 15 is 0 Å². The van der Waals surface area contributed by atoms with E-state index in [0.29, 0.717) is 13.2 Å². The van der Waals surface area contributed by atoms with Crippen molar-refractivity contribution >= 4 is 16.9 Å². The van der Waals surface area contributed by atoms with Crippen LogP contribution in [0.5, 0.6) is 5.75 Å². The average molecular weight is 466 g/mol. The minimum atomic E-state index is -0.476. The van der Waals surface area contributed by atoms with Crippen molar-refractivity contribution in [1.82, 2.24) is 4.98 Å². The second kappa shape index (κ2) is 10.1. The highest BCUT2D eigenvalue weighted by molar-refractivity contribution is 5.82. The smallest absolute Gasteiger partial charge is 0.310 e. The molecular formula is C28H35NO5. The van der Waals surface area contributed by atoms with Gasteiger partial charge in [-0.15, -0.1) is 0 Å². The molecule has 182 valence electrons. The fourth-order valence-corrected chi connectivity index (χ4v) is 4.53. The van der Waals surface area contributed by atoms with Crippen LogP contribution in [0.2, 0.25) is 0 Å². The SMILES string of the molecule is COC[C@@]1(Cc2ccc(OCc3cc(C)nc4ccccc34)cc2)CC1C(=O)OC(C)(C)C.O. The number of hydrogen-bond acceptors (Lipinski definition) is 5. The number of hydrogen-bond donors (Lipinski definition) is 0. The summed E-state index contributed by atoms with van der Waals surface area (Å²) >= 11 is 0. The second-order valence-electron chi connectivity index (χ2n) is 10.1. The van der Waals surface area contributed by atoms with Crippen LogP contribution in [0.25, 0.3) is 10.9 Å². The first-order valence-electron chi connectivity index (χ1n) is 11.5. The molecule has 1 fully saturated rings. The van der Waals surface area contributed by atoms with Gasteiger partial charge in [-0.25, -0.2) is 0 Å². The van der Waals surface area contributed by atoms with Crippen molar-refractivity contribution in [3.8, 4) is 5.75 Å². The second-order valence-corrected chi connectivity index (χ2v) is 10.1. The van der Waals surface area contributed by atoms with Gasteiger partial charge in [0.05, 0.1) is 18.0 Å². The molecular weight excluding hydrogens is 430 g/mol. The van der Waals surface area contributed by atoms with Gasteiger partial charge in [-0.05, 0) is 70.4 Å². The molecule has 34 heavy (non-hydrogen) atoms. The molecule has 1 aliphatic rings. The first-order chi connectivity index (χ1) is 15.7. The molecule has 1 aliphatic carbocycles. The zero-order valence-electron chi connectivity index (χ0n) is 20.7. The molecule has 0 radical (unpaired) electrons. The highest BCUT2D eigenvalue weighted by Crippen LogP contribution is 2.56. The number of ether oxygens (including phenoxy) is 3. The summed E-state index contributed by atoms with van der Waals surface area (Å²) in [5.41, 5.74) is 3.59. The molecule has 0 amide bonds. The number of carbonyl (C=O) groups is 1. The molecule has 0 spiro atoms. The summed E-state index contributed by atoms with van der Waals surface area (Å²) < 4.78 is 17.2. The van der Waals surface area contributed by atoms with Crippen molar-refractivity contribution in [1.29, 1.82) is 0 Å². The van der Waals surface area contributed by atoms with Crippen LogP contribution in [0.1, 0.15) is 44.0 Å². The molecule has 4 rings (SSSR count). The first kappa shape index (κ1) is 25.7. The zero-order chi connectivity index (χ0) is 23.6. The van der Waals surface area contributed by atoms with Gasteiger partial charge in [0.25, 0.3) is 0 Å². The van der Waals surface area contributed by atoms with E-state index < -0.39 is 5.60 Å². The lowest BCUT2D eigenvalue weighted by atomic mass is 9.94. The fraction of sp³-hybridized carbons (Fsp3) is 0.429. The van der Waals surface area contributed by atoms with E-state index in [1.807, 2.05) is 58.0 Å². The van der Waals surface area contributed by atoms with E-state index in [0.717, 1.165) is 46.3 Å². The van der Waals surface area contributed by atoms with Crippen molar-refractivity contribution in [2.75, 3.05) is 13.7 Å². The first-order valence-corrected chi connectivity index (χ1v) is 11.5. The molecule has 2 aromatic carbocycles. The number of rotatable bonds is 8. The Balaban J connectivity index is 0.00000324. The Hall–Kier alpha value is -2.96. The van der Waals surface area contributed by atoms with Gasteiger partial charge in [0.1, 0.15) is 18.0 Å². The number of esters is 1. The van der Waals surface area contributed by atoms with Gasteiger partial charge in [-0.3, -0.25) is 9.78 Å². The summed E-state index contributed by atoms with van der Waals surface area (Å²) in [6.45, 7) is 8.74. The molecule has 2 atom stereocenters. The largest absolute Gasteiger partial charge is 0.489 e. The predicted octanol–water partition coefficient (Wildman–Crippen LogP) is 4.83. The van der Waals surface area contributed by atoms with Crippen LogP contribution in [0, 0.1) is 18.3 Å². The third kappa shape index (κ3) is 5.93. The molecule has 1 saturated carbocycles. The van der Waals surface area contributed by atoms with Gasteiger partial charge >= 0.3 is 5.97 Å². The van der Waals surface area contributed by atoms with E-state index in [4.69, 9.17) is 14.2 Å². The quantitative estimate of drug-likeness (QED) is 0.444. The summed E-state index contributed by atoms with van der Waals surface area (Å²) in [6, 6.07) is 18.4. The lowest BCUT2D eigenvalue weighted by molar-refractivity contribution is -0.157. The van der Waals surface area contributed by atoms with Gasteiger partial charge < -0.3 is 19.7 Å². The Morgan fingerprint density at radius 3 is 2.50 bits per heavy atom. The van der Waals surface area contributed by atoms with Crippen LogP contribution in [0.4, 0.5) is 0 Å². The monoisotopic (exact) mass is 465 g/mol. The molecule has 1 unspecified atom stereocenters. The minimum absolute atomic E-state index is 0. The Morgan fingerprint density at radius 2 is 1.82 bits per heavy atom. The van der Waals surface area contributed by atoms with E-state index in [-0.39, 0.29) is 22.8 Å². The minimum Gasteiger partial charge on any atom is -0.489 e. The van der Waals surface area contributed by atoms with Crippen LogP contribution in [-0.2, 0) is 27.3 Å². The molecule has 3 aromatic rings. The summed E-state index contributed by atoms with van der Waals surface area (Å²) in [5, 5.41) is 1.11. The lowest BCUT2D eigenvalue weighted by Crippen LogP contribution is -2.28. The topological polar surface area (TPSA) is 89.2 Å². The van der Waals surface area contributed by atoms with Crippen LogP contribution in [-0.4, -0.2) is 35.7 Å². The number of benzene rings is 2. The molecule has 0 bridgehead atoms. The Labute approximate surface area is 201 Å². The maximum Gasteiger partial charge on any atom is 0.310 e. The third-order valence-electron chi connectivity index (χ3n) is 6.12. The van der Waals surface area contributed by atoms with Gasteiger partial charge in [0.2, 0.25) is 0 Å². The fourth-order valence-electron chi connectivity index (χ4n) is 4.53. The number of carbonyl (C=O) groups excluding carboxylic acids is 1. The van der Waals surface area contributed by atoms with Crippen LogP contribution in [0.15, 0.2) is 54.6 Å². The Bertz CT molecular complexity index is 1140. The Morgan fingerprint density at radius 1 is 1.12 bits per heavy atom. The maximum absolute atomic E-state index is 12.6. The van der Waals surface area contributed by atoms with E-state index in [2.05, 4.69) is 29.2 Å². The summed E-state index contributed by atoms with van der Waals surface area (Å²) in [6.07, 6.45) is 1.57. The number of para-hydroxylation sites is 1. The molecule has 1 aromatic heterocycles. The molecule has 2 N–H and O–H groups in total. The number of nitrogens with zero attached hydrogens (tertiary/aromatic N) is 1. The van der Waals surface area contributed by atoms with Crippen molar-refractivity contribution in [3.05, 3.63) is 71.4 Å². The number of fused-ring (bicyclic) bond motifs is 1. The van der Waals surface area contributed by atoms with Crippen molar-refractivity contribution in [2.24, 2.45) is 11.3 Å². The summed E-state index contributed by atoms with van der Waals surface area (Å²) in [4.78, 5) is 17.2. The van der Waals surface area contributed by atoms with Crippen LogP contribution < -0.4 is 4.74 Å². The molecule has 6 nitrogen and oxygen atoms in total. The lowest BCUT2D eigenvalue weighted by Gasteiger charge is -2.22. The van der Waals surface area contributed by atoms with Crippen molar-refractivity contribution in [2.45, 2.75) is 52.7 Å². The van der Waals surface area contributed by atoms with Gasteiger partial charge in [-0.1, -0.05) is 30.3 Å². The third-order valence-corrected chi connectivity index (χ3v) is 6.12. The van der Waals surface area contributed by atoms with Crippen molar-refractivity contribution < 1.29 is 24.5 Å². The van der Waals surface area contributed by atoms with Crippen molar-refractivity contribution in [3.63, 3.8) is 0 Å². The van der Waals surface area contributed by atoms with Crippen LogP contribution in [0.3, 0.4) is 0 Å². The summed E-state index contributed by atoms with van der Waals surface area (Å²) in [7, 11) is 1.69. The number of pyridine rings is 1. The van der Waals surface area contributed by atoms with E-state index in [9.17, 15) is 4.79 Å². The standard InChI is InChI=1S/C28H33NO4.H2O/c1-19-14-21(23-8-6-7-9-25(23)29-19)17-32-22-12-10-20(11-13-22)15-28(18-31-5)16-24(28)26(30)33-27(2,3)4;/h6-14,24H,15-18H2,1-5H3;1H2/t24?,28-;/m1./s1. The average Bonchev–Trinajstić information content (AvgIpc) is 3.45. The molecule has 1 heterocycles. The number of aryl methyl sites for hydroxylation is 1. The van der Waals surface area contributed by atoms with Gasteiger partial charge in [0.15, 0.2) is 0 Å². The molecule has 0 aliphatic heterocycles. The zero-order valence-corrected chi connectivity index (χ0v) is 20.7.